The summed E-state index contributed by atoms with van der Waals surface area (Å²) < 4.78 is 5.79. The van der Waals surface area contributed by atoms with Gasteiger partial charge < -0.3 is 20.1 Å². The third-order valence-corrected chi connectivity index (χ3v) is 4.26. The SMILES string of the molecule is CC(C)CNCC1(CN(C)CCCCCO)CCCOC1. The highest BCUT2D eigenvalue weighted by molar-refractivity contribution is 4.87. The van der Waals surface area contributed by atoms with Crippen molar-refractivity contribution in [3.8, 4) is 0 Å². The lowest BCUT2D eigenvalue weighted by atomic mass is 9.81. The summed E-state index contributed by atoms with van der Waals surface area (Å²) in [6.07, 6.45) is 5.67. The zero-order chi connectivity index (χ0) is 15.6. The summed E-state index contributed by atoms with van der Waals surface area (Å²) in [4.78, 5) is 2.45. The van der Waals surface area contributed by atoms with Crippen molar-refractivity contribution in [1.29, 1.82) is 0 Å². The van der Waals surface area contributed by atoms with Gasteiger partial charge in [-0.2, -0.15) is 0 Å². The Morgan fingerprint density at radius 2 is 2.10 bits per heavy atom. The van der Waals surface area contributed by atoms with Crippen molar-refractivity contribution in [2.24, 2.45) is 11.3 Å². The molecular formula is C17H36N2O2. The molecule has 1 unspecified atom stereocenters. The van der Waals surface area contributed by atoms with Gasteiger partial charge in [0.25, 0.3) is 0 Å². The highest BCUT2D eigenvalue weighted by Gasteiger charge is 2.33. The standard InChI is InChI=1S/C17H36N2O2/c1-16(2)12-18-13-17(8-7-11-21-15-17)14-19(3)9-5-4-6-10-20/h16,18,20H,4-15H2,1-3H3. The third kappa shape index (κ3) is 8.15. The summed E-state index contributed by atoms with van der Waals surface area (Å²) in [6, 6.07) is 0. The summed E-state index contributed by atoms with van der Waals surface area (Å²) in [5, 5.41) is 12.5. The summed E-state index contributed by atoms with van der Waals surface area (Å²) >= 11 is 0. The van der Waals surface area contributed by atoms with Crippen LogP contribution in [-0.2, 0) is 4.74 Å². The Balaban J connectivity index is 2.37. The van der Waals surface area contributed by atoms with Crippen LogP contribution in [0.3, 0.4) is 0 Å². The van der Waals surface area contributed by atoms with Gasteiger partial charge in [-0.25, -0.2) is 0 Å². The summed E-state index contributed by atoms with van der Waals surface area (Å²) in [7, 11) is 2.22. The van der Waals surface area contributed by atoms with Crippen molar-refractivity contribution in [3.63, 3.8) is 0 Å². The molecule has 0 bridgehead atoms. The first-order valence-corrected chi connectivity index (χ1v) is 8.66. The number of ether oxygens (including phenoxy) is 1. The van der Waals surface area contributed by atoms with Gasteiger partial charge in [0.05, 0.1) is 6.61 Å². The van der Waals surface area contributed by atoms with E-state index in [0.29, 0.717) is 12.5 Å². The maximum atomic E-state index is 8.84. The smallest absolute Gasteiger partial charge is 0.0546 e. The Bertz CT molecular complexity index is 253. The van der Waals surface area contributed by atoms with Crippen molar-refractivity contribution in [1.82, 2.24) is 10.2 Å². The quantitative estimate of drug-likeness (QED) is 0.574. The predicted octanol–water partition coefficient (Wildman–Crippen LogP) is 2.12. The van der Waals surface area contributed by atoms with Gasteiger partial charge in [-0.3, -0.25) is 0 Å². The monoisotopic (exact) mass is 300 g/mol. The highest BCUT2D eigenvalue weighted by atomic mass is 16.5. The number of unbranched alkanes of at least 4 members (excludes halogenated alkanes) is 2. The lowest BCUT2D eigenvalue weighted by Gasteiger charge is -2.40. The molecule has 1 aliphatic heterocycles. The summed E-state index contributed by atoms with van der Waals surface area (Å²) in [6.45, 7) is 11.0. The average molecular weight is 300 g/mol. The van der Waals surface area contributed by atoms with Crippen LogP contribution in [0.2, 0.25) is 0 Å². The molecule has 21 heavy (non-hydrogen) atoms. The average Bonchev–Trinajstić information content (AvgIpc) is 2.44. The lowest BCUT2D eigenvalue weighted by molar-refractivity contribution is -0.0230. The van der Waals surface area contributed by atoms with Gasteiger partial charge in [0.2, 0.25) is 0 Å². The highest BCUT2D eigenvalue weighted by Crippen LogP contribution is 2.29. The minimum atomic E-state index is 0.277. The van der Waals surface area contributed by atoms with E-state index in [2.05, 4.69) is 31.1 Å². The van der Waals surface area contributed by atoms with Crippen LogP contribution in [-0.4, -0.2) is 63.1 Å². The van der Waals surface area contributed by atoms with Crippen LogP contribution in [0.5, 0.6) is 0 Å². The number of rotatable bonds is 11. The number of aliphatic hydroxyl groups excluding tert-OH is 1. The fourth-order valence-electron chi connectivity index (χ4n) is 3.18. The minimum Gasteiger partial charge on any atom is -0.396 e. The zero-order valence-corrected chi connectivity index (χ0v) is 14.4. The fraction of sp³-hybridized carbons (Fsp3) is 1.00. The molecule has 0 amide bonds. The van der Waals surface area contributed by atoms with Gasteiger partial charge in [-0.1, -0.05) is 13.8 Å². The van der Waals surface area contributed by atoms with E-state index in [9.17, 15) is 0 Å². The van der Waals surface area contributed by atoms with Crippen LogP contribution in [0.15, 0.2) is 0 Å². The minimum absolute atomic E-state index is 0.277. The summed E-state index contributed by atoms with van der Waals surface area (Å²) in [5.74, 6) is 0.697. The largest absolute Gasteiger partial charge is 0.396 e. The number of aliphatic hydroxyl groups is 1. The molecule has 1 heterocycles. The molecule has 0 radical (unpaired) electrons. The second-order valence-corrected chi connectivity index (χ2v) is 7.20. The van der Waals surface area contributed by atoms with Crippen LogP contribution in [0.4, 0.5) is 0 Å². The normalized spacial score (nSPS) is 23.1. The first kappa shape index (κ1) is 18.9. The van der Waals surface area contributed by atoms with Gasteiger partial charge in [0.1, 0.15) is 0 Å². The maximum absolute atomic E-state index is 8.84. The molecule has 1 atom stereocenters. The Hall–Kier alpha value is -0.160. The second kappa shape index (κ2) is 10.5. The first-order chi connectivity index (χ1) is 10.1. The molecule has 0 saturated carbocycles. The van der Waals surface area contributed by atoms with Crippen LogP contribution in [0, 0.1) is 11.3 Å². The van der Waals surface area contributed by atoms with Crippen molar-refractivity contribution < 1.29 is 9.84 Å². The van der Waals surface area contributed by atoms with E-state index >= 15 is 0 Å². The Labute approximate surface area is 131 Å². The molecule has 0 spiro atoms. The van der Waals surface area contributed by atoms with E-state index in [1.165, 1.54) is 19.3 Å². The molecule has 1 aliphatic rings. The molecule has 2 N–H and O–H groups in total. The molecule has 0 aromatic rings. The first-order valence-electron chi connectivity index (χ1n) is 8.66. The molecule has 4 heteroatoms. The molecule has 1 saturated heterocycles. The molecule has 0 aromatic heterocycles. The zero-order valence-electron chi connectivity index (χ0n) is 14.4. The van der Waals surface area contributed by atoms with E-state index < -0.39 is 0 Å². The van der Waals surface area contributed by atoms with Crippen molar-refractivity contribution in [3.05, 3.63) is 0 Å². The van der Waals surface area contributed by atoms with Crippen LogP contribution < -0.4 is 5.32 Å². The molecule has 126 valence electrons. The second-order valence-electron chi connectivity index (χ2n) is 7.20. The molecule has 0 aromatic carbocycles. The maximum Gasteiger partial charge on any atom is 0.0546 e. The van der Waals surface area contributed by atoms with Gasteiger partial charge in [0, 0.05) is 31.7 Å². The number of nitrogens with one attached hydrogen (secondary N) is 1. The number of hydrogen-bond acceptors (Lipinski definition) is 4. The topological polar surface area (TPSA) is 44.7 Å². The van der Waals surface area contributed by atoms with Crippen molar-refractivity contribution in [2.75, 3.05) is 53.0 Å². The number of nitrogens with zero attached hydrogens (tertiary/aromatic N) is 1. The third-order valence-electron chi connectivity index (χ3n) is 4.26. The van der Waals surface area contributed by atoms with E-state index in [1.807, 2.05) is 0 Å². The molecule has 4 nitrogen and oxygen atoms in total. The molecule has 1 fully saturated rings. The van der Waals surface area contributed by atoms with Crippen LogP contribution in [0.1, 0.15) is 46.0 Å². The predicted molar refractivity (Wildman–Crippen MR) is 88.6 cm³/mol. The lowest BCUT2D eigenvalue weighted by Crippen LogP contribution is -2.48. The van der Waals surface area contributed by atoms with Crippen LogP contribution >= 0.6 is 0 Å². The van der Waals surface area contributed by atoms with Crippen LogP contribution in [0.25, 0.3) is 0 Å². The summed E-state index contributed by atoms with van der Waals surface area (Å²) in [5.41, 5.74) is 0.277. The fourth-order valence-corrected chi connectivity index (χ4v) is 3.18. The van der Waals surface area contributed by atoms with E-state index in [-0.39, 0.29) is 5.41 Å². The van der Waals surface area contributed by atoms with E-state index in [1.54, 1.807) is 0 Å². The Kier molecular flexibility index (Phi) is 9.49. The molecular weight excluding hydrogens is 264 g/mol. The Morgan fingerprint density at radius 1 is 1.29 bits per heavy atom. The van der Waals surface area contributed by atoms with E-state index in [0.717, 1.165) is 52.2 Å². The van der Waals surface area contributed by atoms with Gasteiger partial charge in [0.15, 0.2) is 0 Å². The van der Waals surface area contributed by atoms with Gasteiger partial charge in [-0.15, -0.1) is 0 Å². The van der Waals surface area contributed by atoms with E-state index in [4.69, 9.17) is 9.84 Å². The molecule has 0 aliphatic carbocycles. The molecule has 1 rings (SSSR count). The van der Waals surface area contributed by atoms with Crippen molar-refractivity contribution in [2.45, 2.75) is 46.0 Å². The van der Waals surface area contributed by atoms with Crippen molar-refractivity contribution >= 4 is 0 Å². The van der Waals surface area contributed by atoms with Gasteiger partial charge in [-0.05, 0) is 58.2 Å². The Morgan fingerprint density at radius 3 is 2.71 bits per heavy atom. The number of hydrogen-bond donors (Lipinski definition) is 2. The van der Waals surface area contributed by atoms with Gasteiger partial charge >= 0.3 is 0 Å².